The van der Waals surface area contributed by atoms with Crippen molar-refractivity contribution in [3.05, 3.63) is 40.2 Å². The Morgan fingerprint density at radius 1 is 1.23 bits per heavy atom. The molecule has 0 spiro atoms. The Balaban J connectivity index is 2.42. The maximum atomic E-state index is 12.3. The molecule has 1 aromatic heterocycles. The van der Waals surface area contributed by atoms with Gasteiger partial charge in [-0.1, -0.05) is 38.3 Å². The summed E-state index contributed by atoms with van der Waals surface area (Å²) in [7, 11) is 0. The van der Waals surface area contributed by atoms with E-state index in [-0.39, 0.29) is 11.7 Å². The fourth-order valence-corrected chi connectivity index (χ4v) is 2.85. The van der Waals surface area contributed by atoms with Crippen LogP contribution in [0.5, 0.6) is 5.75 Å². The van der Waals surface area contributed by atoms with Crippen LogP contribution in [0.25, 0.3) is 11.0 Å². The Bertz CT molecular complexity index is 687. The van der Waals surface area contributed by atoms with Crippen LogP contribution >= 0.6 is 0 Å². The van der Waals surface area contributed by atoms with Crippen LogP contribution in [0.4, 0.5) is 0 Å². The maximum Gasteiger partial charge on any atom is 0.343 e. The van der Waals surface area contributed by atoms with Crippen LogP contribution in [-0.4, -0.2) is 11.4 Å². The van der Waals surface area contributed by atoms with Crippen molar-refractivity contribution in [1.29, 1.82) is 0 Å². The summed E-state index contributed by atoms with van der Waals surface area (Å²) in [6, 6.07) is 6.95. The van der Waals surface area contributed by atoms with Gasteiger partial charge in [-0.05, 0) is 30.9 Å². The Kier molecular flexibility index (Phi) is 5.75. The third-order valence-corrected chi connectivity index (χ3v) is 4.02. The van der Waals surface area contributed by atoms with Gasteiger partial charge in [-0.2, -0.15) is 0 Å². The largest absolute Gasteiger partial charge is 0.507 e. The molecule has 1 aromatic carbocycles. The predicted molar refractivity (Wildman–Crippen MR) is 86.3 cm³/mol. The molecule has 0 saturated carbocycles. The molecular weight excluding hydrogens is 280 g/mol. The molecule has 0 aliphatic rings. The summed E-state index contributed by atoms with van der Waals surface area (Å²) in [4.78, 5) is 23.0. The number of aldehydes is 1. The molecule has 1 N–H and O–H groups in total. The molecule has 22 heavy (non-hydrogen) atoms. The molecule has 4 nitrogen and oxygen atoms in total. The second kappa shape index (κ2) is 7.78. The molecule has 0 bridgehead atoms. The van der Waals surface area contributed by atoms with Crippen molar-refractivity contribution >= 4 is 17.3 Å². The van der Waals surface area contributed by atoms with Gasteiger partial charge >= 0.3 is 5.63 Å². The summed E-state index contributed by atoms with van der Waals surface area (Å²) in [5, 5.41) is 11.1. The maximum absolute atomic E-state index is 12.3. The molecule has 2 aromatic rings. The minimum Gasteiger partial charge on any atom is -0.507 e. The molecule has 0 aliphatic heterocycles. The zero-order chi connectivity index (χ0) is 15.9. The molecule has 0 radical (unpaired) electrons. The summed E-state index contributed by atoms with van der Waals surface area (Å²) in [5.74, 6) is -0.142. The number of carbonyl (C=O) groups excluding carboxylic acids is 1. The van der Waals surface area contributed by atoms with E-state index in [0.717, 1.165) is 32.0 Å². The Hall–Kier alpha value is -2.10. The van der Waals surface area contributed by atoms with Gasteiger partial charge < -0.3 is 14.3 Å². The van der Waals surface area contributed by atoms with Crippen molar-refractivity contribution in [3.8, 4) is 5.75 Å². The van der Waals surface area contributed by atoms with Crippen molar-refractivity contribution in [2.24, 2.45) is 0 Å². The van der Waals surface area contributed by atoms with Gasteiger partial charge in [-0.25, -0.2) is 4.79 Å². The van der Waals surface area contributed by atoms with Gasteiger partial charge in [0.25, 0.3) is 0 Å². The SMILES string of the molecule is CCCCCC(CCC=O)c1c(O)c2ccccc2oc1=O. The molecule has 0 amide bonds. The standard InChI is InChI=1S/C18H22O4/c1-2-3-4-8-13(9-7-12-19)16-17(20)14-10-5-6-11-15(14)22-18(16)21/h5-6,10-13,20H,2-4,7-9H2,1H3. The number of hydrogen-bond acceptors (Lipinski definition) is 4. The average Bonchev–Trinajstić information content (AvgIpc) is 2.52. The van der Waals surface area contributed by atoms with E-state index in [4.69, 9.17) is 4.42 Å². The van der Waals surface area contributed by atoms with Crippen molar-refractivity contribution in [2.75, 3.05) is 0 Å². The fourth-order valence-electron chi connectivity index (χ4n) is 2.85. The minimum atomic E-state index is -0.497. The Labute approximate surface area is 129 Å². The third-order valence-electron chi connectivity index (χ3n) is 4.02. The molecule has 4 heteroatoms. The first-order chi connectivity index (χ1) is 10.7. The van der Waals surface area contributed by atoms with Gasteiger partial charge in [0.05, 0.1) is 10.9 Å². The first-order valence-electron chi connectivity index (χ1n) is 7.87. The predicted octanol–water partition coefficient (Wildman–Crippen LogP) is 4.14. The lowest BCUT2D eigenvalue weighted by atomic mass is 9.89. The number of fused-ring (bicyclic) bond motifs is 1. The normalized spacial score (nSPS) is 12.4. The second-order valence-electron chi connectivity index (χ2n) is 5.58. The highest BCUT2D eigenvalue weighted by molar-refractivity contribution is 5.84. The number of rotatable bonds is 8. The van der Waals surface area contributed by atoms with E-state index in [1.807, 2.05) is 0 Å². The van der Waals surface area contributed by atoms with Crippen LogP contribution in [0.1, 0.15) is 56.9 Å². The lowest BCUT2D eigenvalue weighted by Gasteiger charge is -2.17. The third kappa shape index (κ3) is 3.56. The molecular formula is C18H22O4. The summed E-state index contributed by atoms with van der Waals surface area (Å²) >= 11 is 0. The van der Waals surface area contributed by atoms with Crippen LogP contribution in [-0.2, 0) is 4.79 Å². The van der Waals surface area contributed by atoms with Gasteiger partial charge in [-0.3, -0.25) is 0 Å². The Morgan fingerprint density at radius 2 is 2.00 bits per heavy atom. The molecule has 0 aliphatic carbocycles. The number of aromatic hydroxyl groups is 1. The Morgan fingerprint density at radius 3 is 2.73 bits per heavy atom. The van der Waals surface area contributed by atoms with E-state index in [9.17, 15) is 14.7 Å². The topological polar surface area (TPSA) is 67.5 Å². The summed E-state index contributed by atoms with van der Waals surface area (Å²) < 4.78 is 5.34. The van der Waals surface area contributed by atoms with E-state index in [1.54, 1.807) is 24.3 Å². The first-order valence-corrected chi connectivity index (χ1v) is 7.87. The molecule has 118 valence electrons. The summed E-state index contributed by atoms with van der Waals surface area (Å²) in [6.07, 6.45) is 5.68. The van der Waals surface area contributed by atoms with Gasteiger partial charge in [-0.15, -0.1) is 0 Å². The number of para-hydroxylation sites is 1. The van der Waals surface area contributed by atoms with Crippen molar-refractivity contribution in [2.45, 2.75) is 51.4 Å². The van der Waals surface area contributed by atoms with Crippen molar-refractivity contribution in [1.82, 2.24) is 0 Å². The molecule has 2 rings (SSSR count). The highest BCUT2D eigenvalue weighted by Gasteiger charge is 2.22. The minimum absolute atomic E-state index is 0.000697. The van der Waals surface area contributed by atoms with E-state index in [0.29, 0.717) is 29.4 Å². The number of hydrogen-bond donors (Lipinski definition) is 1. The monoisotopic (exact) mass is 302 g/mol. The van der Waals surface area contributed by atoms with E-state index >= 15 is 0 Å². The van der Waals surface area contributed by atoms with Gasteiger partial charge in [0.1, 0.15) is 17.6 Å². The molecule has 0 saturated heterocycles. The van der Waals surface area contributed by atoms with Gasteiger partial charge in [0.2, 0.25) is 0 Å². The van der Waals surface area contributed by atoms with E-state index in [1.165, 1.54) is 0 Å². The van der Waals surface area contributed by atoms with Crippen molar-refractivity contribution in [3.63, 3.8) is 0 Å². The van der Waals surface area contributed by atoms with Gasteiger partial charge in [0, 0.05) is 6.42 Å². The van der Waals surface area contributed by atoms with Crippen LogP contribution in [0.3, 0.4) is 0 Å². The molecule has 0 fully saturated rings. The number of benzene rings is 1. The van der Waals surface area contributed by atoms with Crippen LogP contribution < -0.4 is 5.63 Å². The highest BCUT2D eigenvalue weighted by Crippen LogP contribution is 2.35. The average molecular weight is 302 g/mol. The first kappa shape index (κ1) is 16.3. The van der Waals surface area contributed by atoms with Gasteiger partial charge in [0.15, 0.2) is 0 Å². The van der Waals surface area contributed by atoms with Crippen LogP contribution in [0.15, 0.2) is 33.5 Å². The lowest BCUT2D eigenvalue weighted by molar-refractivity contribution is -0.108. The zero-order valence-electron chi connectivity index (χ0n) is 12.9. The molecule has 1 atom stereocenters. The zero-order valence-corrected chi connectivity index (χ0v) is 12.9. The highest BCUT2D eigenvalue weighted by atomic mass is 16.4. The quantitative estimate of drug-likeness (QED) is 0.452. The van der Waals surface area contributed by atoms with E-state index in [2.05, 4.69) is 6.92 Å². The number of unbranched alkanes of at least 4 members (excludes halogenated alkanes) is 2. The summed E-state index contributed by atoms with van der Waals surface area (Å²) in [5.41, 5.74) is 0.205. The van der Waals surface area contributed by atoms with Crippen molar-refractivity contribution < 1.29 is 14.3 Å². The molecule has 1 unspecified atom stereocenters. The van der Waals surface area contributed by atoms with Crippen LogP contribution in [0.2, 0.25) is 0 Å². The van der Waals surface area contributed by atoms with E-state index < -0.39 is 5.63 Å². The smallest absolute Gasteiger partial charge is 0.343 e. The number of carbonyl (C=O) groups is 1. The van der Waals surface area contributed by atoms with Crippen LogP contribution in [0, 0.1) is 0 Å². The second-order valence-corrected chi connectivity index (χ2v) is 5.58. The fraction of sp³-hybridized carbons (Fsp3) is 0.444. The summed E-state index contributed by atoms with van der Waals surface area (Å²) in [6.45, 7) is 2.11. The lowest BCUT2D eigenvalue weighted by Crippen LogP contribution is -2.14. The molecule has 1 heterocycles.